The van der Waals surface area contributed by atoms with Gasteiger partial charge in [-0.15, -0.1) is 0 Å². The highest BCUT2D eigenvalue weighted by molar-refractivity contribution is 5.58. The van der Waals surface area contributed by atoms with Crippen LogP contribution < -0.4 is 0 Å². The molecule has 0 aliphatic rings. The zero-order valence-corrected chi connectivity index (χ0v) is 8.76. The van der Waals surface area contributed by atoms with Crippen LogP contribution in [0.1, 0.15) is 0 Å². The molecule has 0 amide bonds. The Morgan fingerprint density at radius 1 is 1.00 bits per heavy atom. The lowest BCUT2D eigenvalue weighted by Gasteiger charge is -1.94. The van der Waals surface area contributed by atoms with Gasteiger partial charge in [-0.25, -0.2) is 9.37 Å². The maximum absolute atomic E-state index is 12.8. The van der Waals surface area contributed by atoms with E-state index < -0.39 is 0 Å². The minimum atomic E-state index is -0.278. The van der Waals surface area contributed by atoms with E-state index in [1.807, 2.05) is 0 Å². The molecule has 0 spiro atoms. The number of benzene rings is 1. The summed E-state index contributed by atoms with van der Waals surface area (Å²) in [6.45, 7) is 0. The topological polar surface area (TPSA) is 39.2 Å². The molecule has 3 aromatic rings. The monoisotopic (exact) mass is 229 g/mol. The highest BCUT2D eigenvalue weighted by Gasteiger charge is 2.10. The van der Waals surface area contributed by atoms with Crippen LogP contribution in [0.15, 0.2) is 57.7 Å². The zero-order chi connectivity index (χ0) is 11.7. The normalized spacial score (nSPS) is 10.6. The van der Waals surface area contributed by atoms with E-state index in [1.165, 1.54) is 12.1 Å². The molecule has 0 fully saturated rings. The van der Waals surface area contributed by atoms with Gasteiger partial charge in [-0.2, -0.15) is 0 Å². The second-order valence-corrected chi connectivity index (χ2v) is 3.51. The van der Waals surface area contributed by atoms with Crippen LogP contribution in [0.3, 0.4) is 0 Å². The molecule has 17 heavy (non-hydrogen) atoms. The molecule has 1 aromatic carbocycles. The molecule has 0 atom stereocenters. The quantitative estimate of drug-likeness (QED) is 0.671. The number of nitrogens with zero attached hydrogens (tertiary/aromatic N) is 1. The van der Waals surface area contributed by atoms with E-state index in [1.54, 1.807) is 36.7 Å². The predicted molar refractivity (Wildman–Crippen MR) is 59.6 cm³/mol. The standard InChI is InChI=1S/C13H8FNO2/c14-10-5-3-9(4-6-10)12-8-15-13(17-12)11-2-1-7-16-11/h1-8H. The number of hydrogen-bond acceptors (Lipinski definition) is 3. The van der Waals surface area contributed by atoms with Gasteiger partial charge in [0.2, 0.25) is 0 Å². The Bertz CT molecular complexity index is 611. The first-order valence-corrected chi connectivity index (χ1v) is 5.08. The van der Waals surface area contributed by atoms with Gasteiger partial charge >= 0.3 is 0 Å². The molecule has 0 aliphatic heterocycles. The lowest BCUT2D eigenvalue weighted by atomic mass is 10.2. The van der Waals surface area contributed by atoms with E-state index in [0.717, 1.165) is 5.56 Å². The summed E-state index contributed by atoms with van der Waals surface area (Å²) in [5.74, 6) is 1.28. The Hall–Kier alpha value is -2.36. The first kappa shape index (κ1) is 9.84. The molecule has 4 heteroatoms. The first-order valence-electron chi connectivity index (χ1n) is 5.08. The van der Waals surface area contributed by atoms with Crippen LogP contribution in [0.2, 0.25) is 0 Å². The van der Waals surface area contributed by atoms with Crippen molar-refractivity contribution in [1.29, 1.82) is 0 Å². The van der Waals surface area contributed by atoms with Gasteiger partial charge in [-0.1, -0.05) is 0 Å². The molecule has 0 radical (unpaired) electrons. The zero-order valence-electron chi connectivity index (χ0n) is 8.76. The number of furan rings is 1. The van der Waals surface area contributed by atoms with Gasteiger partial charge in [0, 0.05) is 5.56 Å². The molecule has 2 heterocycles. The van der Waals surface area contributed by atoms with Gasteiger partial charge in [0.05, 0.1) is 12.5 Å². The van der Waals surface area contributed by atoms with Crippen LogP contribution >= 0.6 is 0 Å². The van der Waals surface area contributed by atoms with Crippen molar-refractivity contribution < 1.29 is 13.2 Å². The molecule has 3 nitrogen and oxygen atoms in total. The van der Waals surface area contributed by atoms with E-state index in [2.05, 4.69) is 4.98 Å². The molecular weight excluding hydrogens is 221 g/mol. The smallest absolute Gasteiger partial charge is 0.263 e. The SMILES string of the molecule is Fc1ccc(-c2cnc(-c3ccco3)o2)cc1. The van der Waals surface area contributed by atoms with Crippen molar-refractivity contribution in [2.24, 2.45) is 0 Å². The third-order valence-corrected chi connectivity index (χ3v) is 2.37. The highest BCUT2D eigenvalue weighted by Crippen LogP contribution is 2.26. The summed E-state index contributed by atoms with van der Waals surface area (Å²) in [7, 11) is 0. The van der Waals surface area contributed by atoms with E-state index in [0.29, 0.717) is 17.4 Å². The molecule has 84 valence electrons. The largest absolute Gasteiger partial charge is 0.459 e. The fourth-order valence-corrected chi connectivity index (χ4v) is 1.54. The van der Waals surface area contributed by atoms with Crippen LogP contribution in [-0.4, -0.2) is 4.98 Å². The fourth-order valence-electron chi connectivity index (χ4n) is 1.54. The Kier molecular flexibility index (Phi) is 2.26. The summed E-state index contributed by atoms with van der Waals surface area (Å²) in [4.78, 5) is 4.10. The summed E-state index contributed by atoms with van der Waals surface area (Å²) in [5.41, 5.74) is 0.775. The van der Waals surface area contributed by atoms with E-state index in [4.69, 9.17) is 8.83 Å². The predicted octanol–water partition coefficient (Wildman–Crippen LogP) is 3.74. The molecular formula is C13H8FNO2. The molecule has 0 unspecified atom stereocenters. The summed E-state index contributed by atoms with van der Waals surface area (Å²) < 4.78 is 23.5. The van der Waals surface area contributed by atoms with Crippen LogP contribution in [0.25, 0.3) is 23.0 Å². The van der Waals surface area contributed by atoms with E-state index >= 15 is 0 Å². The average molecular weight is 229 g/mol. The number of hydrogen-bond donors (Lipinski definition) is 0. The average Bonchev–Trinajstić information content (AvgIpc) is 3.00. The van der Waals surface area contributed by atoms with Crippen molar-refractivity contribution in [2.75, 3.05) is 0 Å². The van der Waals surface area contributed by atoms with Gasteiger partial charge in [0.15, 0.2) is 11.5 Å². The molecule has 0 bridgehead atoms. The van der Waals surface area contributed by atoms with Crippen LogP contribution in [0.4, 0.5) is 4.39 Å². The van der Waals surface area contributed by atoms with Crippen molar-refractivity contribution in [3.05, 3.63) is 54.7 Å². The molecule has 0 N–H and O–H groups in total. The number of rotatable bonds is 2. The van der Waals surface area contributed by atoms with Gasteiger partial charge < -0.3 is 8.83 Å². The Balaban J connectivity index is 1.98. The lowest BCUT2D eigenvalue weighted by molar-refractivity contribution is 0.524. The third kappa shape index (κ3) is 1.85. The maximum Gasteiger partial charge on any atom is 0.263 e. The summed E-state index contributed by atoms with van der Waals surface area (Å²) in [6.07, 6.45) is 3.14. The molecule has 3 rings (SSSR count). The highest BCUT2D eigenvalue weighted by atomic mass is 19.1. The van der Waals surface area contributed by atoms with Crippen molar-refractivity contribution in [2.45, 2.75) is 0 Å². The molecule has 0 saturated carbocycles. The summed E-state index contributed by atoms with van der Waals surface area (Å²) in [5, 5.41) is 0. The number of halogens is 1. The maximum atomic E-state index is 12.8. The second-order valence-electron chi connectivity index (χ2n) is 3.51. The lowest BCUT2D eigenvalue weighted by Crippen LogP contribution is -1.75. The van der Waals surface area contributed by atoms with Crippen molar-refractivity contribution >= 4 is 0 Å². The Morgan fingerprint density at radius 2 is 1.82 bits per heavy atom. The summed E-state index contributed by atoms with van der Waals surface area (Å²) in [6, 6.07) is 9.57. The molecule has 2 aromatic heterocycles. The van der Waals surface area contributed by atoms with Crippen LogP contribution in [0, 0.1) is 5.82 Å². The van der Waals surface area contributed by atoms with Gasteiger partial charge in [0.1, 0.15) is 5.82 Å². The second kappa shape index (κ2) is 3.90. The first-order chi connectivity index (χ1) is 8.33. The fraction of sp³-hybridized carbons (Fsp3) is 0. The minimum Gasteiger partial charge on any atom is -0.459 e. The van der Waals surface area contributed by atoms with Crippen molar-refractivity contribution in [3.63, 3.8) is 0 Å². The minimum absolute atomic E-state index is 0.278. The van der Waals surface area contributed by atoms with Crippen molar-refractivity contribution in [3.8, 4) is 23.0 Å². The number of oxazole rings is 1. The van der Waals surface area contributed by atoms with Crippen molar-refractivity contribution in [1.82, 2.24) is 4.98 Å². The summed E-state index contributed by atoms with van der Waals surface area (Å²) >= 11 is 0. The van der Waals surface area contributed by atoms with Gasteiger partial charge in [0.25, 0.3) is 5.89 Å². The third-order valence-electron chi connectivity index (χ3n) is 2.37. The molecule has 0 saturated heterocycles. The van der Waals surface area contributed by atoms with E-state index in [-0.39, 0.29) is 5.82 Å². The molecule has 0 aliphatic carbocycles. The van der Waals surface area contributed by atoms with E-state index in [9.17, 15) is 4.39 Å². The number of aromatic nitrogens is 1. The van der Waals surface area contributed by atoms with Gasteiger partial charge in [-0.3, -0.25) is 0 Å². The van der Waals surface area contributed by atoms with Gasteiger partial charge in [-0.05, 0) is 36.4 Å². The Morgan fingerprint density at radius 3 is 2.53 bits per heavy atom. The Labute approximate surface area is 96.5 Å². The van der Waals surface area contributed by atoms with Crippen LogP contribution in [0.5, 0.6) is 0 Å². The van der Waals surface area contributed by atoms with Crippen LogP contribution in [-0.2, 0) is 0 Å².